The van der Waals surface area contributed by atoms with Crippen molar-refractivity contribution in [2.24, 2.45) is 11.7 Å². The average Bonchev–Trinajstić information content (AvgIpc) is 3.01. The van der Waals surface area contributed by atoms with Crippen LogP contribution in [0.3, 0.4) is 0 Å². The minimum Gasteiger partial charge on any atom is -0.465 e. The molecule has 35 heavy (non-hydrogen) atoms. The van der Waals surface area contributed by atoms with E-state index in [1.165, 1.54) is 4.90 Å². The highest BCUT2D eigenvalue weighted by Crippen LogP contribution is 2.40. The molecule has 2 aromatic rings. The molecule has 1 aliphatic heterocycles. The molecule has 8 nitrogen and oxygen atoms in total. The highest BCUT2D eigenvalue weighted by atomic mass is 35.5. The summed E-state index contributed by atoms with van der Waals surface area (Å²) >= 11 is 0. The molecule has 1 aromatic heterocycles. The number of hydrogen-bond acceptors (Lipinski definition) is 6. The fraction of sp³-hybridized carbons (Fsp3) is 0.440. The summed E-state index contributed by atoms with van der Waals surface area (Å²) in [6.07, 6.45) is 0.726. The van der Waals surface area contributed by atoms with E-state index in [0.717, 1.165) is 39.3 Å². The van der Waals surface area contributed by atoms with Gasteiger partial charge in [-0.3, -0.25) is 14.6 Å². The molecule has 0 radical (unpaired) electrons. The Bertz CT molecular complexity index is 1070. The molecule has 2 N–H and O–H groups in total. The summed E-state index contributed by atoms with van der Waals surface area (Å²) in [6.45, 7) is 9.65. The monoisotopic (exact) mass is 524 g/mol. The maximum atomic E-state index is 13.3. The second-order valence-corrected chi connectivity index (χ2v) is 8.69. The molecule has 10 heteroatoms. The van der Waals surface area contributed by atoms with Gasteiger partial charge in [-0.1, -0.05) is 43.7 Å². The van der Waals surface area contributed by atoms with E-state index < -0.39 is 17.9 Å². The quantitative estimate of drug-likeness (QED) is 0.409. The number of aromatic nitrogens is 1. The van der Waals surface area contributed by atoms with Crippen LogP contribution < -0.4 is 10.6 Å². The third-order valence-electron chi connectivity index (χ3n) is 5.56. The van der Waals surface area contributed by atoms with Gasteiger partial charge in [-0.2, -0.15) is 0 Å². The zero-order chi connectivity index (χ0) is 24.3. The number of carbonyl (C=O) groups excluding carboxylic acids is 3. The molecule has 3 rings (SSSR count). The van der Waals surface area contributed by atoms with Crippen molar-refractivity contribution in [3.05, 3.63) is 46.8 Å². The van der Waals surface area contributed by atoms with Gasteiger partial charge in [0.15, 0.2) is 0 Å². The van der Waals surface area contributed by atoms with Crippen molar-refractivity contribution in [1.29, 1.82) is 0 Å². The first-order valence-corrected chi connectivity index (χ1v) is 11.2. The van der Waals surface area contributed by atoms with Crippen molar-refractivity contribution >= 4 is 48.4 Å². The smallest absolute Gasteiger partial charge is 0.332 e. The molecule has 192 valence electrons. The Labute approximate surface area is 219 Å². The van der Waals surface area contributed by atoms with E-state index in [-0.39, 0.29) is 51.1 Å². The highest BCUT2D eigenvalue weighted by Gasteiger charge is 2.41. The largest absolute Gasteiger partial charge is 0.465 e. The van der Waals surface area contributed by atoms with Gasteiger partial charge >= 0.3 is 12.0 Å². The van der Waals surface area contributed by atoms with Crippen LogP contribution in [-0.2, 0) is 27.3 Å². The van der Waals surface area contributed by atoms with Crippen LogP contribution in [0.5, 0.6) is 0 Å². The standard InChI is InChI=1S/C25H32N4O4.2ClH/c1-6-33-22(31)14-28-13-21(30)29(25(28)32)24-17(5)27-20(11-15(2)3)19(12-26)23(24)18-9-7-16(4)8-10-18;;/h7-10,15H,6,11-14,26H2,1-5H3;2*1H. The lowest BCUT2D eigenvalue weighted by Gasteiger charge is -2.25. The summed E-state index contributed by atoms with van der Waals surface area (Å²) in [5.74, 6) is -0.611. The Balaban J connectivity index is 0.00000306. The number of nitrogens with two attached hydrogens (primary N) is 1. The van der Waals surface area contributed by atoms with Gasteiger partial charge in [0, 0.05) is 17.8 Å². The number of anilines is 1. The molecular formula is C25H34Cl2N4O4. The van der Waals surface area contributed by atoms with E-state index in [2.05, 4.69) is 13.8 Å². The summed E-state index contributed by atoms with van der Waals surface area (Å²) in [7, 11) is 0. The number of ether oxygens (including phenoxy) is 1. The summed E-state index contributed by atoms with van der Waals surface area (Å²) in [5, 5.41) is 0. The topological polar surface area (TPSA) is 106 Å². The minimum atomic E-state index is -0.564. The summed E-state index contributed by atoms with van der Waals surface area (Å²) < 4.78 is 4.95. The van der Waals surface area contributed by atoms with E-state index in [0.29, 0.717) is 17.3 Å². The second-order valence-electron chi connectivity index (χ2n) is 8.69. The Hall–Kier alpha value is -2.68. The highest BCUT2D eigenvalue weighted by molar-refractivity contribution is 6.22. The molecule has 2 heterocycles. The van der Waals surface area contributed by atoms with Crippen LogP contribution in [0.25, 0.3) is 11.1 Å². The number of rotatable bonds is 8. The molecule has 1 aromatic carbocycles. The van der Waals surface area contributed by atoms with Crippen molar-refractivity contribution in [3.8, 4) is 11.1 Å². The number of benzene rings is 1. The number of imide groups is 1. The Morgan fingerprint density at radius 1 is 1.14 bits per heavy atom. The first-order chi connectivity index (χ1) is 15.7. The Kier molecular flexibility index (Phi) is 11.2. The zero-order valence-electron chi connectivity index (χ0n) is 20.8. The van der Waals surface area contributed by atoms with Crippen LogP contribution in [0.1, 0.15) is 43.3 Å². The number of esters is 1. The molecule has 0 saturated carbocycles. The van der Waals surface area contributed by atoms with Gasteiger partial charge < -0.3 is 15.4 Å². The summed E-state index contributed by atoms with van der Waals surface area (Å²) in [4.78, 5) is 45.4. The van der Waals surface area contributed by atoms with Gasteiger partial charge in [-0.25, -0.2) is 9.69 Å². The van der Waals surface area contributed by atoms with Gasteiger partial charge in [0.2, 0.25) is 0 Å². The van der Waals surface area contributed by atoms with Crippen LogP contribution in [0, 0.1) is 19.8 Å². The number of carbonyl (C=O) groups is 3. The van der Waals surface area contributed by atoms with Crippen molar-refractivity contribution in [3.63, 3.8) is 0 Å². The molecule has 0 unspecified atom stereocenters. The Morgan fingerprint density at radius 3 is 2.31 bits per heavy atom. The normalized spacial score (nSPS) is 13.1. The van der Waals surface area contributed by atoms with Crippen molar-refractivity contribution < 1.29 is 19.1 Å². The summed E-state index contributed by atoms with van der Waals surface area (Å²) in [6, 6.07) is 7.34. The van der Waals surface area contributed by atoms with Crippen LogP contribution in [0.4, 0.5) is 10.5 Å². The third-order valence-corrected chi connectivity index (χ3v) is 5.56. The molecule has 0 atom stereocenters. The maximum Gasteiger partial charge on any atom is 0.332 e. The maximum absolute atomic E-state index is 13.3. The number of urea groups is 1. The first kappa shape index (κ1) is 30.4. The van der Waals surface area contributed by atoms with E-state index in [1.807, 2.05) is 31.2 Å². The van der Waals surface area contributed by atoms with Crippen LogP contribution in [0.2, 0.25) is 0 Å². The number of amides is 3. The zero-order valence-corrected chi connectivity index (χ0v) is 22.4. The number of hydrogen-bond donors (Lipinski definition) is 1. The lowest BCUT2D eigenvalue weighted by atomic mass is 9.92. The van der Waals surface area contributed by atoms with Gasteiger partial charge in [0.1, 0.15) is 13.1 Å². The number of halogens is 2. The van der Waals surface area contributed by atoms with Gasteiger partial charge in [-0.15, -0.1) is 24.8 Å². The summed E-state index contributed by atoms with van der Waals surface area (Å²) in [5.41, 5.74) is 11.6. The van der Waals surface area contributed by atoms with Crippen molar-refractivity contribution in [2.45, 2.75) is 47.6 Å². The van der Waals surface area contributed by atoms with Gasteiger partial charge in [0.05, 0.1) is 18.0 Å². The number of pyridine rings is 1. The van der Waals surface area contributed by atoms with Crippen LogP contribution in [-0.4, -0.2) is 47.5 Å². The van der Waals surface area contributed by atoms with E-state index in [9.17, 15) is 14.4 Å². The lowest BCUT2D eigenvalue weighted by Crippen LogP contribution is -2.37. The molecule has 1 saturated heterocycles. The fourth-order valence-corrected chi connectivity index (χ4v) is 4.13. The average molecular weight is 525 g/mol. The molecule has 1 aliphatic rings. The van der Waals surface area contributed by atoms with E-state index in [1.54, 1.807) is 13.8 Å². The predicted molar refractivity (Wildman–Crippen MR) is 141 cm³/mol. The van der Waals surface area contributed by atoms with E-state index >= 15 is 0 Å². The molecule has 1 fully saturated rings. The van der Waals surface area contributed by atoms with Crippen LogP contribution >= 0.6 is 24.8 Å². The molecule has 3 amide bonds. The second kappa shape index (κ2) is 12.9. The predicted octanol–water partition coefficient (Wildman–Crippen LogP) is 4.20. The van der Waals surface area contributed by atoms with Crippen molar-refractivity contribution in [2.75, 3.05) is 24.6 Å². The first-order valence-electron chi connectivity index (χ1n) is 11.2. The fourth-order valence-electron chi connectivity index (χ4n) is 4.13. The SMILES string of the molecule is CCOC(=O)CN1CC(=O)N(c2c(C)nc(CC(C)C)c(CN)c2-c2ccc(C)cc2)C1=O.Cl.Cl. The third kappa shape index (κ3) is 6.51. The number of aryl methyl sites for hydroxylation is 2. The van der Waals surface area contributed by atoms with Crippen molar-refractivity contribution in [1.82, 2.24) is 9.88 Å². The lowest BCUT2D eigenvalue weighted by molar-refractivity contribution is -0.143. The number of nitrogens with zero attached hydrogens (tertiary/aromatic N) is 3. The van der Waals surface area contributed by atoms with Gasteiger partial charge in [-0.05, 0) is 44.2 Å². The Morgan fingerprint density at radius 2 is 1.77 bits per heavy atom. The van der Waals surface area contributed by atoms with E-state index in [4.69, 9.17) is 15.5 Å². The molecule has 0 bridgehead atoms. The minimum absolute atomic E-state index is 0. The molecule has 0 aliphatic carbocycles. The van der Waals surface area contributed by atoms with Crippen LogP contribution in [0.15, 0.2) is 24.3 Å². The molecular weight excluding hydrogens is 491 g/mol. The van der Waals surface area contributed by atoms with Gasteiger partial charge in [0.25, 0.3) is 5.91 Å². The molecule has 0 spiro atoms.